The summed E-state index contributed by atoms with van der Waals surface area (Å²) in [6.07, 6.45) is 2.79. The lowest BCUT2D eigenvalue weighted by Crippen LogP contribution is -2.28. The Balaban J connectivity index is 2.16. The fraction of sp³-hybridized carbons (Fsp3) is 0.286. The first-order valence-electron chi connectivity index (χ1n) is 5.87. The van der Waals surface area contributed by atoms with Crippen LogP contribution < -0.4 is 0 Å². The summed E-state index contributed by atoms with van der Waals surface area (Å²) >= 11 is 0. The molecule has 0 unspecified atom stereocenters. The van der Waals surface area contributed by atoms with Crippen LogP contribution in [0.15, 0.2) is 36.9 Å². The first-order valence-corrected chi connectivity index (χ1v) is 5.87. The molecule has 1 aliphatic heterocycles. The van der Waals surface area contributed by atoms with Crippen LogP contribution in [0.25, 0.3) is 0 Å². The maximum Gasteiger partial charge on any atom is 0.335 e. The van der Waals surface area contributed by atoms with Gasteiger partial charge in [0.05, 0.1) is 5.56 Å². The van der Waals surface area contributed by atoms with E-state index in [-0.39, 0.29) is 11.5 Å². The first kappa shape index (κ1) is 12.4. The summed E-state index contributed by atoms with van der Waals surface area (Å²) < 4.78 is 0. The summed E-state index contributed by atoms with van der Waals surface area (Å²) in [6.45, 7) is 5.10. The third kappa shape index (κ3) is 2.42. The Hall–Kier alpha value is -2.10. The molecule has 94 valence electrons. The van der Waals surface area contributed by atoms with Crippen molar-refractivity contribution in [2.75, 3.05) is 13.1 Å². The fourth-order valence-electron chi connectivity index (χ4n) is 2.13. The number of nitrogens with zero attached hydrogens (tertiary/aromatic N) is 1. The molecule has 0 aliphatic carbocycles. The molecule has 4 heteroatoms. The Morgan fingerprint density at radius 1 is 1.39 bits per heavy atom. The van der Waals surface area contributed by atoms with E-state index in [4.69, 9.17) is 5.11 Å². The molecule has 1 fully saturated rings. The maximum atomic E-state index is 12.2. The van der Waals surface area contributed by atoms with E-state index in [2.05, 4.69) is 6.58 Å². The fourth-order valence-corrected chi connectivity index (χ4v) is 2.13. The van der Waals surface area contributed by atoms with Gasteiger partial charge >= 0.3 is 5.97 Å². The standard InChI is InChI=1S/C14H15NO3/c1-2-10-6-7-15(9-10)13(16)11-4-3-5-12(8-11)14(17)18/h2-5,8,10H,1,6-7,9H2,(H,17,18)/t10-/m0/s1. The van der Waals surface area contributed by atoms with E-state index < -0.39 is 5.97 Å². The van der Waals surface area contributed by atoms with Crippen molar-refractivity contribution in [1.82, 2.24) is 4.90 Å². The van der Waals surface area contributed by atoms with Gasteiger partial charge in [0.2, 0.25) is 0 Å². The van der Waals surface area contributed by atoms with Crippen molar-refractivity contribution in [3.8, 4) is 0 Å². The molecule has 1 saturated heterocycles. The number of carbonyl (C=O) groups excluding carboxylic acids is 1. The number of carboxylic acid groups (broad SMARTS) is 1. The molecule has 18 heavy (non-hydrogen) atoms. The van der Waals surface area contributed by atoms with Gasteiger partial charge in [0, 0.05) is 18.7 Å². The van der Waals surface area contributed by atoms with Crippen molar-refractivity contribution < 1.29 is 14.7 Å². The van der Waals surface area contributed by atoms with Crippen molar-refractivity contribution in [1.29, 1.82) is 0 Å². The van der Waals surface area contributed by atoms with Crippen molar-refractivity contribution in [3.63, 3.8) is 0 Å². The van der Waals surface area contributed by atoms with E-state index in [1.807, 2.05) is 6.08 Å². The molecule has 0 aromatic heterocycles. The van der Waals surface area contributed by atoms with Crippen LogP contribution >= 0.6 is 0 Å². The van der Waals surface area contributed by atoms with Gasteiger partial charge in [0.15, 0.2) is 0 Å². The second-order valence-corrected chi connectivity index (χ2v) is 4.42. The molecule has 1 N–H and O–H groups in total. The van der Waals surface area contributed by atoms with Gasteiger partial charge in [-0.25, -0.2) is 4.79 Å². The zero-order valence-corrected chi connectivity index (χ0v) is 10.0. The van der Waals surface area contributed by atoms with Crippen molar-refractivity contribution in [2.24, 2.45) is 5.92 Å². The second-order valence-electron chi connectivity index (χ2n) is 4.42. The van der Waals surface area contributed by atoms with Crippen LogP contribution in [0, 0.1) is 5.92 Å². The number of rotatable bonds is 3. The van der Waals surface area contributed by atoms with Gasteiger partial charge in [-0.2, -0.15) is 0 Å². The molecule has 2 rings (SSSR count). The molecule has 1 aromatic rings. The van der Waals surface area contributed by atoms with Crippen LogP contribution in [-0.4, -0.2) is 35.0 Å². The maximum absolute atomic E-state index is 12.2. The zero-order valence-electron chi connectivity index (χ0n) is 10.0. The van der Waals surface area contributed by atoms with E-state index in [0.29, 0.717) is 24.6 Å². The lowest BCUT2D eigenvalue weighted by molar-refractivity contribution is 0.0697. The molecule has 1 heterocycles. The summed E-state index contributed by atoms with van der Waals surface area (Å²) in [4.78, 5) is 24.8. The SMILES string of the molecule is C=C[C@H]1CCN(C(=O)c2cccc(C(=O)O)c2)C1. The van der Waals surface area contributed by atoms with Crippen molar-refractivity contribution in [3.05, 3.63) is 48.0 Å². The van der Waals surface area contributed by atoms with Gasteiger partial charge in [-0.05, 0) is 30.5 Å². The lowest BCUT2D eigenvalue weighted by Gasteiger charge is -2.16. The van der Waals surface area contributed by atoms with Crippen molar-refractivity contribution >= 4 is 11.9 Å². The number of hydrogen-bond donors (Lipinski definition) is 1. The number of carbonyl (C=O) groups is 2. The molecule has 1 aliphatic rings. The molecular formula is C14H15NO3. The Bertz CT molecular complexity index is 496. The minimum atomic E-state index is -1.02. The quantitative estimate of drug-likeness (QED) is 0.829. The zero-order chi connectivity index (χ0) is 13.1. The minimum absolute atomic E-state index is 0.109. The summed E-state index contributed by atoms with van der Waals surface area (Å²) in [5, 5.41) is 8.90. The number of amides is 1. The first-order chi connectivity index (χ1) is 8.61. The number of carboxylic acids is 1. The second kappa shape index (κ2) is 5.04. The van der Waals surface area contributed by atoms with E-state index >= 15 is 0 Å². The average Bonchev–Trinajstić information content (AvgIpc) is 2.86. The molecule has 1 aromatic carbocycles. The predicted octanol–water partition coefficient (Wildman–Crippen LogP) is 2.03. The van der Waals surface area contributed by atoms with Gasteiger partial charge in [0.25, 0.3) is 5.91 Å². The van der Waals surface area contributed by atoms with Crippen LogP contribution in [0.1, 0.15) is 27.1 Å². The third-order valence-corrected chi connectivity index (χ3v) is 3.20. The normalized spacial score (nSPS) is 18.7. The van der Waals surface area contributed by atoms with Crippen LogP contribution in [0.2, 0.25) is 0 Å². The molecule has 4 nitrogen and oxygen atoms in total. The van der Waals surface area contributed by atoms with Gasteiger partial charge in [-0.1, -0.05) is 12.1 Å². The molecule has 0 bridgehead atoms. The van der Waals surface area contributed by atoms with Crippen LogP contribution in [0.5, 0.6) is 0 Å². The van der Waals surface area contributed by atoms with Gasteiger partial charge in [0.1, 0.15) is 0 Å². The van der Waals surface area contributed by atoms with Crippen LogP contribution in [0.3, 0.4) is 0 Å². The molecule has 0 saturated carbocycles. The average molecular weight is 245 g/mol. The number of hydrogen-bond acceptors (Lipinski definition) is 2. The molecular weight excluding hydrogens is 230 g/mol. The van der Waals surface area contributed by atoms with Gasteiger partial charge in [-0.3, -0.25) is 4.79 Å². The smallest absolute Gasteiger partial charge is 0.335 e. The highest BCUT2D eigenvalue weighted by Crippen LogP contribution is 2.19. The Morgan fingerprint density at radius 3 is 2.72 bits per heavy atom. The Kier molecular flexibility index (Phi) is 3.46. The van der Waals surface area contributed by atoms with E-state index in [1.54, 1.807) is 17.0 Å². The molecule has 1 amide bonds. The number of likely N-dealkylation sites (tertiary alicyclic amines) is 1. The summed E-state index contributed by atoms with van der Waals surface area (Å²) in [5.41, 5.74) is 0.569. The molecule has 0 spiro atoms. The summed E-state index contributed by atoms with van der Waals surface area (Å²) in [5.74, 6) is -0.783. The summed E-state index contributed by atoms with van der Waals surface area (Å²) in [7, 11) is 0. The van der Waals surface area contributed by atoms with E-state index in [1.165, 1.54) is 12.1 Å². The van der Waals surface area contributed by atoms with Gasteiger partial charge < -0.3 is 10.0 Å². The topological polar surface area (TPSA) is 57.6 Å². The van der Waals surface area contributed by atoms with E-state index in [0.717, 1.165) is 6.42 Å². The minimum Gasteiger partial charge on any atom is -0.478 e. The summed E-state index contributed by atoms with van der Waals surface area (Å²) in [6, 6.07) is 6.15. The Labute approximate surface area is 106 Å². The van der Waals surface area contributed by atoms with Crippen LogP contribution in [-0.2, 0) is 0 Å². The van der Waals surface area contributed by atoms with E-state index in [9.17, 15) is 9.59 Å². The molecule has 1 atom stereocenters. The Morgan fingerprint density at radius 2 is 2.11 bits per heavy atom. The highest BCUT2D eigenvalue weighted by atomic mass is 16.4. The van der Waals surface area contributed by atoms with Gasteiger partial charge in [-0.15, -0.1) is 6.58 Å². The largest absolute Gasteiger partial charge is 0.478 e. The number of aromatic carboxylic acids is 1. The number of benzene rings is 1. The highest BCUT2D eigenvalue weighted by Gasteiger charge is 2.25. The third-order valence-electron chi connectivity index (χ3n) is 3.20. The van der Waals surface area contributed by atoms with Crippen LogP contribution in [0.4, 0.5) is 0 Å². The highest BCUT2D eigenvalue weighted by molar-refractivity contribution is 5.97. The predicted molar refractivity (Wildman–Crippen MR) is 67.6 cm³/mol. The lowest BCUT2D eigenvalue weighted by atomic mass is 10.1. The van der Waals surface area contributed by atoms with Crippen molar-refractivity contribution in [2.45, 2.75) is 6.42 Å². The monoisotopic (exact) mass is 245 g/mol. The molecule has 0 radical (unpaired) electrons.